The molecule has 9 aliphatic rings. The minimum atomic E-state index is -1.94. The molecule has 1 spiro atoms. The molecule has 9 fully saturated rings. The van der Waals surface area contributed by atoms with E-state index in [-0.39, 0.29) is 11.8 Å². The predicted molar refractivity (Wildman–Crippen MR) is 252 cm³/mol. The van der Waals surface area contributed by atoms with E-state index in [1.165, 1.54) is 0 Å². The van der Waals surface area contributed by atoms with E-state index in [1.807, 2.05) is 0 Å². The van der Waals surface area contributed by atoms with Gasteiger partial charge in [-0.15, -0.1) is 0 Å². The van der Waals surface area contributed by atoms with Gasteiger partial charge in [-0.25, -0.2) is 0 Å². The summed E-state index contributed by atoms with van der Waals surface area (Å²) in [6, 6.07) is 0. The van der Waals surface area contributed by atoms with Crippen LogP contribution in [-0.2, 0) is 52.2 Å². The summed E-state index contributed by atoms with van der Waals surface area (Å²) >= 11 is 0. The van der Waals surface area contributed by atoms with Gasteiger partial charge in [0.2, 0.25) is 6.29 Å². The van der Waals surface area contributed by atoms with Crippen molar-refractivity contribution in [2.24, 2.45) is 28.1 Å². The highest BCUT2D eigenvalue weighted by atomic mass is 16.8. The van der Waals surface area contributed by atoms with Crippen LogP contribution in [0.4, 0.5) is 0 Å². The van der Waals surface area contributed by atoms with Crippen molar-refractivity contribution in [2.75, 3.05) is 33.0 Å². The van der Waals surface area contributed by atoms with Crippen molar-refractivity contribution in [2.45, 2.75) is 231 Å². The van der Waals surface area contributed by atoms with Crippen molar-refractivity contribution < 1.29 is 139 Å². The number of esters is 1. The van der Waals surface area contributed by atoms with E-state index in [9.17, 15) is 91.6 Å². The number of carbonyl (C=O) groups excluding carboxylic acids is 1. The molecule has 5 saturated heterocycles. The fourth-order valence-corrected chi connectivity index (χ4v) is 14.9. The molecule has 0 aromatic carbocycles. The lowest BCUT2D eigenvalue weighted by Crippen LogP contribution is -2.66. The van der Waals surface area contributed by atoms with Crippen molar-refractivity contribution in [1.29, 1.82) is 0 Å². The van der Waals surface area contributed by atoms with E-state index in [0.717, 1.165) is 0 Å². The number of rotatable bonds is 15. The van der Waals surface area contributed by atoms with Crippen LogP contribution in [0, 0.1) is 28.1 Å². The average Bonchev–Trinajstić information content (AvgIpc) is 3.50. The summed E-state index contributed by atoms with van der Waals surface area (Å²) in [5.74, 6) is -1.12. The van der Waals surface area contributed by atoms with Crippen LogP contribution in [0.1, 0.15) is 71.6 Å². The van der Waals surface area contributed by atoms with Crippen molar-refractivity contribution in [3.8, 4) is 0 Å². The molecule has 78 heavy (non-hydrogen) atoms. The van der Waals surface area contributed by atoms with E-state index < -0.39 is 214 Å². The van der Waals surface area contributed by atoms with Gasteiger partial charge >= 0.3 is 5.97 Å². The molecule has 4 saturated carbocycles. The first-order valence-corrected chi connectivity index (χ1v) is 26.9. The molecule has 28 heteroatoms. The van der Waals surface area contributed by atoms with Gasteiger partial charge in [0.25, 0.3) is 0 Å². The van der Waals surface area contributed by atoms with Crippen LogP contribution in [0.5, 0.6) is 0 Å². The number of hydrogen-bond donors (Lipinski definition) is 17. The first-order valence-electron chi connectivity index (χ1n) is 26.9. The maximum absolute atomic E-state index is 14.9. The molecule has 0 aromatic heterocycles. The molecule has 28 nitrogen and oxygen atoms in total. The van der Waals surface area contributed by atoms with Gasteiger partial charge < -0.3 is 134 Å². The Bertz CT molecular complexity index is 2070. The molecule has 4 aliphatic carbocycles. The Morgan fingerprint density at radius 1 is 0.513 bits per heavy atom. The lowest BCUT2D eigenvalue weighted by Gasteiger charge is -2.64. The van der Waals surface area contributed by atoms with E-state index in [0.29, 0.717) is 63.4 Å². The van der Waals surface area contributed by atoms with Crippen molar-refractivity contribution >= 4 is 5.97 Å². The van der Waals surface area contributed by atoms with E-state index in [4.69, 9.17) is 47.4 Å². The van der Waals surface area contributed by atoms with Gasteiger partial charge in [0, 0.05) is 0 Å². The summed E-state index contributed by atoms with van der Waals surface area (Å²) in [6.07, 6.45) is -38.9. The Balaban J connectivity index is 0.943. The van der Waals surface area contributed by atoms with Gasteiger partial charge in [-0.3, -0.25) is 4.79 Å². The molecular formula is C50H80O28. The molecule has 5 heterocycles. The molecule has 17 N–H and O–H groups in total. The fourth-order valence-electron chi connectivity index (χ4n) is 14.9. The molecule has 31 atom stereocenters. The predicted octanol–water partition coefficient (Wildman–Crippen LogP) is -7.29. The summed E-state index contributed by atoms with van der Waals surface area (Å²) in [5, 5.41) is 180. The molecule has 27 unspecified atom stereocenters. The molecule has 9 rings (SSSR count). The van der Waals surface area contributed by atoms with Gasteiger partial charge in [0.05, 0.1) is 44.1 Å². The molecule has 2 bridgehead atoms. The van der Waals surface area contributed by atoms with Crippen LogP contribution in [0.3, 0.4) is 0 Å². The largest absolute Gasteiger partial charge is 0.432 e. The number of hydrogen-bond acceptors (Lipinski definition) is 28. The monoisotopic (exact) mass is 1130 g/mol. The SMILES string of the molecule is C=C1CC23CCC4[C@](C)(C(=O)OC5OC(CO)C(O)C(O)C5OC5OC(CO)C(O)C(O)C5O)CCC[C@@]4(C)[C@@H]2CC[C@]1(OC1OC(COC2OC(CO)C(O)C(O)C2O)C(O)C(O)C1OC1OC(CO)C(O)C(O)C1O)C3. The average molecular weight is 1130 g/mol. The maximum Gasteiger partial charge on any atom is 0.314 e. The number of carbonyl (C=O) groups is 1. The van der Waals surface area contributed by atoms with E-state index >= 15 is 0 Å². The first-order chi connectivity index (χ1) is 36.8. The van der Waals surface area contributed by atoms with E-state index in [2.05, 4.69) is 13.5 Å². The van der Waals surface area contributed by atoms with E-state index in [1.54, 1.807) is 6.92 Å². The normalized spacial score (nSPS) is 54.5. The smallest absolute Gasteiger partial charge is 0.314 e. The Hall–Kier alpha value is -1.83. The maximum atomic E-state index is 14.9. The van der Waals surface area contributed by atoms with Gasteiger partial charge in [-0.05, 0) is 86.5 Å². The Morgan fingerprint density at radius 3 is 1.47 bits per heavy atom. The third-order valence-electron chi connectivity index (χ3n) is 19.2. The molecule has 0 amide bonds. The highest BCUT2D eigenvalue weighted by molar-refractivity contribution is 5.77. The first kappa shape index (κ1) is 60.8. The number of fused-ring (bicyclic) bond motifs is 3. The minimum absolute atomic E-state index is 0.0587. The van der Waals surface area contributed by atoms with Crippen LogP contribution >= 0.6 is 0 Å². The molecule has 0 radical (unpaired) electrons. The lowest BCUT2D eigenvalue weighted by atomic mass is 9.41. The number of ether oxygens (including phenoxy) is 10. The quantitative estimate of drug-likeness (QED) is 0.0411. The Kier molecular flexibility index (Phi) is 18.2. The Labute approximate surface area is 448 Å². The van der Waals surface area contributed by atoms with Crippen LogP contribution in [-0.4, -0.2) is 285 Å². The van der Waals surface area contributed by atoms with Crippen molar-refractivity contribution in [1.82, 2.24) is 0 Å². The van der Waals surface area contributed by atoms with Crippen LogP contribution in [0.2, 0.25) is 0 Å². The van der Waals surface area contributed by atoms with Gasteiger partial charge in [0.1, 0.15) is 116 Å². The topological polar surface area (TPSA) is 453 Å². The van der Waals surface area contributed by atoms with Crippen LogP contribution in [0.25, 0.3) is 0 Å². The second kappa shape index (κ2) is 23.3. The van der Waals surface area contributed by atoms with Crippen LogP contribution < -0.4 is 0 Å². The van der Waals surface area contributed by atoms with Crippen molar-refractivity contribution in [3.05, 3.63) is 12.2 Å². The standard InChI is InChI=1S/C50H80O28/c1-18-11-49-9-5-24-47(2,7-4-8-48(24,3)46(68)77-44-39(34(63)29(58)22(15-54)73-44)75-42-37(66)32(61)27(56)20(13-52)71-42)25(49)6-10-50(18,17-49)78-45-40(76-43-38(67)33(62)28(57)21(14-53)72-43)35(64)30(59)23(74-45)16-69-41-36(65)31(60)26(55)19(12-51)70-41/h19-45,51-67H,1,4-17H2,2-3H3/t19?,20?,21?,22?,23?,24?,25-,26?,27?,28?,29?,30?,31?,32?,33?,34?,35?,36?,37?,38?,39?,40?,41?,42?,43?,44?,45?,47+,48+,49?,50-/m0/s1. The number of aliphatic hydroxyl groups excluding tert-OH is 17. The zero-order valence-corrected chi connectivity index (χ0v) is 43.3. The minimum Gasteiger partial charge on any atom is -0.432 e. The molecular weight excluding hydrogens is 1050 g/mol. The summed E-state index contributed by atoms with van der Waals surface area (Å²) < 4.78 is 59.5. The zero-order valence-electron chi connectivity index (χ0n) is 43.3. The summed E-state index contributed by atoms with van der Waals surface area (Å²) in [6.45, 7) is 4.63. The van der Waals surface area contributed by atoms with Gasteiger partial charge in [-0.2, -0.15) is 0 Å². The molecule has 5 aliphatic heterocycles. The third-order valence-corrected chi connectivity index (χ3v) is 19.2. The van der Waals surface area contributed by atoms with Crippen molar-refractivity contribution in [3.63, 3.8) is 0 Å². The van der Waals surface area contributed by atoms with Gasteiger partial charge in [-0.1, -0.05) is 19.9 Å². The lowest BCUT2D eigenvalue weighted by molar-refractivity contribution is -0.382. The summed E-state index contributed by atoms with van der Waals surface area (Å²) in [4.78, 5) is 14.9. The number of aliphatic hydroxyl groups is 17. The third kappa shape index (κ3) is 10.4. The zero-order chi connectivity index (χ0) is 56.7. The highest BCUT2D eigenvalue weighted by Gasteiger charge is 2.70. The van der Waals surface area contributed by atoms with Gasteiger partial charge in [0.15, 0.2) is 31.3 Å². The molecule has 448 valence electrons. The molecule has 0 aromatic rings. The van der Waals surface area contributed by atoms with Crippen LogP contribution in [0.15, 0.2) is 12.2 Å². The fraction of sp³-hybridized carbons (Fsp3) is 0.940. The highest BCUT2D eigenvalue weighted by Crippen LogP contribution is 2.74. The second-order valence-electron chi connectivity index (χ2n) is 23.7. The summed E-state index contributed by atoms with van der Waals surface area (Å²) in [5.41, 5.74) is -2.75. The Morgan fingerprint density at radius 2 is 0.949 bits per heavy atom. The summed E-state index contributed by atoms with van der Waals surface area (Å²) in [7, 11) is 0. The second-order valence-corrected chi connectivity index (χ2v) is 23.7.